The molecule has 112 valence electrons. The van der Waals surface area contributed by atoms with Crippen molar-refractivity contribution in [3.8, 4) is 5.88 Å². The van der Waals surface area contributed by atoms with Crippen LogP contribution in [0.5, 0.6) is 5.88 Å². The van der Waals surface area contributed by atoms with Gasteiger partial charge in [0.2, 0.25) is 5.88 Å². The number of hydrogen-bond donors (Lipinski definition) is 2. The summed E-state index contributed by atoms with van der Waals surface area (Å²) in [7, 11) is 0. The topological polar surface area (TPSA) is 73.1 Å². The van der Waals surface area contributed by atoms with Crippen LogP contribution < -0.4 is 15.8 Å². The number of aromatic nitrogens is 2. The third kappa shape index (κ3) is 3.68. The largest absolute Gasteiger partial charge is 0.476 e. The molecule has 1 unspecified atom stereocenters. The van der Waals surface area contributed by atoms with Gasteiger partial charge in [0.05, 0.1) is 12.6 Å². The highest BCUT2D eigenvalue weighted by atomic mass is 35.5. The Kier molecular flexibility index (Phi) is 5.09. The first-order valence-corrected chi connectivity index (χ1v) is 7.23. The Labute approximate surface area is 133 Å². The smallest absolute Gasteiger partial charge is 0.242 e. The van der Waals surface area contributed by atoms with Crippen molar-refractivity contribution in [1.82, 2.24) is 9.97 Å². The lowest BCUT2D eigenvalue weighted by Gasteiger charge is -2.18. The van der Waals surface area contributed by atoms with Gasteiger partial charge in [-0.25, -0.2) is 4.98 Å². The minimum atomic E-state index is -0.0959. The highest BCUT2D eigenvalue weighted by Gasteiger charge is 2.14. The van der Waals surface area contributed by atoms with Crippen LogP contribution >= 0.6 is 23.2 Å². The minimum absolute atomic E-state index is 0.0959. The van der Waals surface area contributed by atoms with E-state index in [2.05, 4.69) is 15.3 Å². The predicted octanol–water partition coefficient (Wildman–Crippen LogP) is 3.94. The number of hydrogen-bond acceptors (Lipinski definition) is 5. The number of halogens is 2. The summed E-state index contributed by atoms with van der Waals surface area (Å²) in [6.45, 7) is 4.31. The second-order valence-corrected chi connectivity index (χ2v) is 5.25. The van der Waals surface area contributed by atoms with Crippen molar-refractivity contribution in [2.75, 3.05) is 17.7 Å². The van der Waals surface area contributed by atoms with Crippen LogP contribution in [0.15, 0.2) is 24.5 Å². The van der Waals surface area contributed by atoms with Crippen LogP contribution in [0, 0.1) is 0 Å². The number of anilines is 2. The third-order valence-electron chi connectivity index (χ3n) is 2.91. The molecule has 2 rings (SSSR count). The van der Waals surface area contributed by atoms with Gasteiger partial charge in [0.1, 0.15) is 12.0 Å². The highest BCUT2D eigenvalue weighted by molar-refractivity contribution is 6.35. The molecule has 0 amide bonds. The van der Waals surface area contributed by atoms with Crippen LogP contribution in [0.25, 0.3) is 0 Å². The normalized spacial score (nSPS) is 12.0. The number of nitrogens with one attached hydrogen (secondary N) is 1. The highest BCUT2D eigenvalue weighted by Crippen LogP contribution is 2.31. The molecule has 21 heavy (non-hydrogen) atoms. The minimum Gasteiger partial charge on any atom is -0.476 e. The fourth-order valence-corrected chi connectivity index (χ4v) is 2.45. The fourth-order valence-electron chi connectivity index (χ4n) is 1.88. The first-order chi connectivity index (χ1) is 10.0. The van der Waals surface area contributed by atoms with Crippen molar-refractivity contribution in [3.63, 3.8) is 0 Å². The third-order valence-corrected chi connectivity index (χ3v) is 3.47. The van der Waals surface area contributed by atoms with E-state index in [0.717, 1.165) is 5.56 Å². The van der Waals surface area contributed by atoms with Crippen LogP contribution in [0.3, 0.4) is 0 Å². The molecule has 1 aromatic carbocycles. The van der Waals surface area contributed by atoms with Gasteiger partial charge >= 0.3 is 0 Å². The summed E-state index contributed by atoms with van der Waals surface area (Å²) in [5.41, 5.74) is 7.26. The maximum Gasteiger partial charge on any atom is 0.242 e. The average Bonchev–Trinajstić information content (AvgIpc) is 2.43. The molecular weight excluding hydrogens is 311 g/mol. The van der Waals surface area contributed by atoms with Crippen molar-refractivity contribution in [1.29, 1.82) is 0 Å². The van der Waals surface area contributed by atoms with Gasteiger partial charge in [-0.2, -0.15) is 4.98 Å². The van der Waals surface area contributed by atoms with Crippen LogP contribution in [-0.2, 0) is 0 Å². The van der Waals surface area contributed by atoms with Gasteiger partial charge in [-0.15, -0.1) is 0 Å². The summed E-state index contributed by atoms with van der Waals surface area (Å²) in [5, 5.41) is 4.38. The summed E-state index contributed by atoms with van der Waals surface area (Å²) < 4.78 is 5.34. The van der Waals surface area contributed by atoms with Crippen molar-refractivity contribution in [2.45, 2.75) is 19.9 Å². The number of benzene rings is 1. The first kappa shape index (κ1) is 15.7. The van der Waals surface area contributed by atoms with E-state index < -0.39 is 0 Å². The molecule has 0 aliphatic rings. The monoisotopic (exact) mass is 326 g/mol. The predicted molar refractivity (Wildman–Crippen MR) is 86.1 cm³/mol. The van der Waals surface area contributed by atoms with Gasteiger partial charge in [0.25, 0.3) is 0 Å². The first-order valence-electron chi connectivity index (χ1n) is 6.47. The molecule has 1 atom stereocenters. The molecule has 0 radical (unpaired) electrons. The van der Waals surface area contributed by atoms with Crippen LogP contribution in [0.2, 0.25) is 10.0 Å². The van der Waals surface area contributed by atoms with Crippen molar-refractivity contribution < 1.29 is 4.74 Å². The molecular formula is C14H16Cl2N4O. The number of nitrogen functional groups attached to an aromatic ring is 1. The van der Waals surface area contributed by atoms with Gasteiger partial charge < -0.3 is 15.8 Å². The quantitative estimate of drug-likeness (QED) is 0.870. The Balaban J connectivity index is 2.23. The molecule has 0 aliphatic carbocycles. The van der Waals surface area contributed by atoms with Crippen molar-refractivity contribution >= 4 is 34.7 Å². The summed E-state index contributed by atoms with van der Waals surface area (Å²) >= 11 is 12.1. The molecule has 0 saturated carbocycles. The zero-order valence-corrected chi connectivity index (χ0v) is 13.2. The number of nitrogens with two attached hydrogens (primary N) is 1. The summed E-state index contributed by atoms with van der Waals surface area (Å²) in [6, 6.07) is 5.26. The molecule has 3 N–H and O–H groups in total. The number of ether oxygens (including phenoxy) is 1. The van der Waals surface area contributed by atoms with E-state index in [4.69, 9.17) is 33.7 Å². The van der Waals surface area contributed by atoms with Gasteiger partial charge in [-0.05, 0) is 31.5 Å². The molecule has 1 heterocycles. The van der Waals surface area contributed by atoms with E-state index in [1.165, 1.54) is 6.33 Å². The van der Waals surface area contributed by atoms with Crippen LogP contribution in [0.4, 0.5) is 11.5 Å². The standard InChI is InChI=1S/C14H16Cl2N4O/c1-3-21-14-12(17)13(18-7-19-14)20-8(2)10-5-4-9(15)6-11(10)16/h4-8H,3,17H2,1-2H3,(H,18,19,20). The molecule has 1 aromatic heterocycles. The van der Waals surface area contributed by atoms with E-state index >= 15 is 0 Å². The maximum atomic E-state index is 6.20. The Hall–Kier alpha value is -1.72. The van der Waals surface area contributed by atoms with E-state index in [1.807, 2.05) is 19.9 Å². The Morgan fingerprint density at radius 1 is 1.33 bits per heavy atom. The van der Waals surface area contributed by atoms with E-state index in [1.54, 1.807) is 12.1 Å². The maximum absolute atomic E-state index is 6.20. The Morgan fingerprint density at radius 2 is 2.10 bits per heavy atom. The van der Waals surface area contributed by atoms with Gasteiger partial charge in [-0.1, -0.05) is 29.3 Å². The zero-order chi connectivity index (χ0) is 15.4. The zero-order valence-electron chi connectivity index (χ0n) is 11.7. The second kappa shape index (κ2) is 6.83. The lowest BCUT2D eigenvalue weighted by atomic mass is 10.1. The van der Waals surface area contributed by atoms with Crippen molar-refractivity contribution in [3.05, 3.63) is 40.1 Å². The van der Waals surface area contributed by atoms with Gasteiger partial charge in [0.15, 0.2) is 5.82 Å². The molecule has 0 aliphatic heterocycles. The van der Waals surface area contributed by atoms with Crippen LogP contribution in [-0.4, -0.2) is 16.6 Å². The molecule has 0 spiro atoms. The summed E-state index contributed by atoms with van der Waals surface area (Å²) in [4.78, 5) is 8.13. The molecule has 0 fully saturated rings. The molecule has 7 heteroatoms. The van der Waals surface area contributed by atoms with E-state index in [-0.39, 0.29) is 6.04 Å². The molecule has 0 bridgehead atoms. The SMILES string of the molecule is CCOc1ncnc(NC(C)c2ccc(Cl)cc2Cl)c1N. The lowest BCUT2D eigenvalue weighted by Crippen LogP contribution is -2.12. The summed E-state index contributed by atoms with van der Waals surface area (Å²) in [6.07, 6.45) is 1.40. The van der Waals surface area contributed by atoms with Gasteiger partial charge in [-0.3, -0.25) is 0 Å². The lowest BCUT2D eigenvalue weighted by molar-refractivity contribution is 0.328. The Morgan fingerprint density at radius 3 is 2.76 bits per heavy atom. The molecule has 2 aromatic rings. The van der Waals surface area contributed by atoms with Crippen molar-refractivity contribution in [2.24, 2.45) is 0 Å². The molecule has 0 saturated heterocycles. The van der Waals surface area contributed by atoms with E-state index in [0.29, 0.717) is 34.0 Å². The fraction of sp³-hybridized carbons (Fsp3) is 0.286. The van der Waals surface area contributed by atoms with E-state index in [9.17, 15) is 0 Å². The second-order valence-electron chi connectivity index (χ2n) is 4.41. The average molecular weight is 327 g/mol. The summed E-state index contributed by atoms with van der Waals surface area (Å²) in [5.74, 6) is 0.872. The molecule has 5 nitrogen and oxygen atoms in total. The Bertz CT molecular complexity index is 636. The van der Waals surface area contributed by atoms with Crippen LogP contribution in [0.1, 0.15) is 25.5 Å². The number of rotatable bonds is 5. The van der Waals surface area contributed by atoms with Gasteiger partial charge in [0, 0.05) is 10.0 Å². The number of nitrogens with zero attached hydrogens (tertiary/aromatic N) is 2.